The van der Waals surface area contributed by atoms with Gasteiger partial charge in [0.25, 0.3) is 0 Å². The number of aromatic nitrogens is 2. The number of sulfonamides is 1. The van der Waals surface area contributed by atoms with Gasteiger partial charge in [-0.05, 0) is 92.4 Å². The number of ether oxygens (including phenoxy) is 1. The van der Waals surface area contributed by atoms with E-state index in [1.54, 1.807) is 12.4 Å². The van der Waals surface area contributed by atoms with Crippen molar-refractivity contribution < 1.29 is 22.3 Å². The van der Waals surface area contributed by atoms with Crippen LogP contribution in [0, 0.1) is 17.2 Å². The van der Waals surface area contributed by atoms with E-state index in [9.17, 15) is 17.6 Å². The molecule has 3 atom stereocenters. The predicted octanol–water partition coefficient (Wildman–Crippen LogP) is 3.95. The average Bonchev–Trinajstić information content (AvgIpc) is 3.21. The van der Waals surface area contributed by atoms with Crippen molar-refractivity contribution >= 4 is 27.8 Å². The third-order valence-corrected chi connectivity index (χ3v) is 8.52. The first-order valence-electron chi connectivity index (χ1n) is 12.0. The third-order valence-electron chi connectivity index (χ3n) is 7.61. The smallest absolute Gasteiger partial charge is 0.407 e. The highest BCUT2D eigenvalue weighted by molar-refractivity contribution is 7.89. The van der Waals surface area contributed by atoms with Gasteiger partial charge >= 0.3 is 6.09 Å². The summed E-state index contributed by atoms with van der Waals surface area (Å²) in [4.78, 5) is 20.5. The molecule has 2 aromatic rings. The van der Waals surface area contributed by atoms with Gasteiger partial charge in [0.15, 0.2) is 0 Å². The number of carbonyl (C=O) groups excluding carboxylic acids is 1. The van der Waals surface area contributed by atoms with Crippen molar-refractivity contribution in [1.29, 1.82) is 0 Å². The first-order valence-corrected chi connectivity index (χ1v) is 13.6. The summed E-state index contributed by atoms with van der Waals surface area (Å²) < 4.78 is 42.6. The van der Waals surface area contributed by atoms with Crippen LogP contribution in [0.25, 0.3) is 0 Å². The van der Waals surface area contributed by atoms with E-state index < -0.39 is 15.8 Å². The van der Waals surface area contributed by atoms with Crippen LogP contribution in [0.4, 0.5) is 20.8 Å². The molecule has 188 valence electrons. The van der Waals surface area contributed by atoms with Crippen LogP contribution >= 0.6 is 0 Å². The highest BCUT2D eigenvalue weighted by Crippen LogP contribution is 2.59. The zero-order chi connectivity index (χ0) is 24.6. The molecule has 1 heterocycles. The van der Waals surface area contributed by atoms with Gasteiger partial charge in [0.05, 0.1) is 10.6 Å². The largest absolute Gasteiger partial charge is 0.446 e. The normalized spacial score (nSPS) is 24.9. The molecular formula is C24H30FN5O4S. The van der Waals surface area contributed by atoms with Crippen molar-refractivity contribution in [2.75, 3.05) is 11.9 Å². The second-order valence-electron chi connectivity index (χ2n) is 10.2. The van der Waals surface area contributed by atoms with Crippen LogP contribution in [-0.4, -0.2) is 37.1 Å². The Kier molecular flexibility index (Phi) is 6.39. The van der Waals surface area contributed by atoms with Gasteiger partial charge in [-0.3, -0.25) is 0 Å². The molecule has 5 rings (SSSR count). The Labute approximate surface area is 204 Å². The standard InChI is InChI=1S/C24H30FN5O4S/c25-20-10-19(35(26,32)33)3-4-21(20)30-22-27-13-17(14-28-22)16-1-2-18(9-16)34-23(31)29-12-15-5-6-24(11-15)7-8-24/h3-4,10,13-16,18H,1-2,5-9,11-12H2,(H,29,31)(H2,26,32,33)(H,27,28,30)/t15?,16-,18+/m0/s1. The molecule has 3 aliphatic carbocycles. The summed E-state index contributed by atoms with van der Waals surface area (Å²) in [6.45, 7) is 0.699. The quantitative estimate of drug-likeness (QED) is 0.520. The SMILES string of the molecule is NS(=O)(=O)c1ccc(Nc2ncc([C@H]3CC[C@@H](OC(=O)NCC4CCC5(CC5)C4)C3)cn2)c(F)c1. The van der Waals surface area contributed by atoms with Crippen molar-refractivity contribution in [3.63, 3.8) is 0 Å². The van der Waals surface area contributed by atoms with Gasteiger partial charge in [-0.15, -0.1) is 0 Å². The molecule has 9 nitrogen and oxygen atoms in total. The number of nitrogens with one attached hydrogen (secondary N) is 2. The average molecular weight is 504 g/mol. The molecule has 35 heavy (non-hydrogen) atoms. The predicted molar refractivity (Wildman–Crippen MR) is 127 cm³/mol. The lowest BCUT2D eigenvalue weighted by Crippen LogP contribution is -2.31. The molecule has 0 radical (unpaired) electrons. The summed E-state index contributed by atoms with van der Waals surface area (Å²) in [6, 6.07) is 3.33. The second kappa shape index (κ2) is 9.34. The van der Waals surface area contributed by atoms with Gasteiger partial charge in [0.2, 0.25) is 16.0 Å². The molecule has 3 aliphatic rings. The molecule has 1 spiro atoms. The highest BCUT2D eigenvalue weighted by Gasteiger charge is 2.47. The maximum atomic E-state index is 14.2. The van der Waals surface area contributed by atoms with E-state index in [0.29, 0.717) is 24.3 Å². The fraction of sp³-hybridized carbons (Fsp3) is 0.542. The van der Waals surface area contributed by atoms with Crippen LogP contribution in [0.3, 0.4) is 0 Å². The van der Waals surface area contributed by atoms with Crippen LogP contribution in [0.15, 0.2) is 35.5 Å². The molecule has 0 bridgehead atoms. The van der Waals surface area contributed by atoms with E-state index in [0.717, 1.165) is 24.5 Å². The zero-order valence-corrected chi connectivity index (χ0v) is 20.2. The molecule has 4 N–H and O–H groups in total. The fourth-order valence-corrected chi connectivity index (χ4v) is 5.94. The van der Waals surface area contributed by atoms with Crippen molar-refractivity contribution in [1.82, 2.24) is 15.3 Å². The number of amides is 1. The van der Waals surface area contributed by atoms with Gasteiger partial charge in [-0.25, -0.2) is 32.7 Å². The summed E-state index contributed by atoms with van der Waals surface area (Å²) in [5.41, 5.74) is 1.57. The maximum Gasteiger partial charge on any atom is 0.407 e. The maximum absolute atomic E-state index is 14.2. The van der Waals surface area contributed by atoms with Crippen LogP contribution in [0.1, 0.15) is 62.8 Å². The number of benzene rings is 1. The summed E-state index contributed by atoms with van der Waals surface area (Å²) in [5, 5.41) is 10.7. The van der Waals surface area contributed by atoms with Crippen LogP contribution in [0.5, 0.6) is 0 Å². The van der Waals surface area contributed by atoms with E-state index in [1.807, 2.05) is 0 Å². The van der Waals surface area contributed by atoms with Crippen molar-refractivity contribution in [3.05, 3.63) is 42.0 Å². The molecule has 11 heteroatoms. The number of halogens is 1. The van der Waals surface area contributed by atoms with E-state index in [2.05, 4.69) is 20.6 Å². The number of hydrogen-bond donors (Lipinski definition) is 3. The van der Waals surface area contributed by atoms with Crippen molar-refractivity contribution in [3.8, 4) is 0 Å². The Morgan fingerprint density at radius 1 is 1.17 bits per heavy atom. The number of carbonyl (C=O) groups is 1. The minimum Gasteiger partial charge on any atom is -0.446 e. The lowest BCUT2D eigenvalue weighted by Gasteiger charge is -2.16. The van der Waals surface area contributed by atoms with E-state index >= 15 is 0 Å². The Morgan fingerprint density at radius 2 is 1.94 bits per heavy atom. The first kappa shape index (κ1) is 23.9. The Balaban J connectivity index is 1.09. The molecule has 1 aromatic carbocycles. The second-order valence-corrected chi connectivity index (χ2v) is 11.7. The summed E-state index contributed by atoms with van der Waals surface area (Å²) >= 11 is 0. The highest BCUT2D eigenvalue weighted by atomic mass is 32.2. The van der Waals surface area contributed by atoms with Crippen LogP contribution in [-0.2, 0) is 14.8 Å². The Bertz CT molecular complexity index is 1200. The monoisotopic (exact) mass is 503 g/mol. The number of alkyl carbamates (subject to hydrolysis) is 1. The summed E-state index contributed by atoms with van der Waals surface area (Å²) in [7, 11) is -3.99. The zero-order valence-electron chi connectivity index (χ0n) is 19.4. The molecule has 3 saturated carbocycles. The van der Waals surface area contributed by atoms with Crippen molar-refractivity contribution in [2.24, 2.45) is 16.5 Å². The molecular weight excluding hydrogens is 473 g/mol. The Hall–Kier alpha value is -2.79. The lowest BCUT2D eigenvalue weighted by atomic mass is 10.0. The number of hydrogen-bond acceptors (Lipinski definition) is 7. The fourth-order valence-electron chi connectivity index (χ4n) is 5.41. The van der Waals surface area contributed by atoms with Gasteiger partial charge in [0.1, 0.15) is 11.9 Å². The first-order chi connectivity index (χ1) is 16.7. The summed E-state index contributed by atoms with van der Waals surface area (Å²) in [5.74, 6) is 0.155. The topological polar surface area (TPSA) is 136 Å². The van der Waals surface area contributed by atoms with E-state index in [1.165, 1.54) is 44.2 Å². The van der Waals surface area contributed by atoms with Gasteiger partial charge in [-0.2, -0.15) is 0 Å². The number of nitrogens with zero attached hydrogens (tertiary/aromatic N) is 2. The number of primary sulfonamides is 1. The van der Waals surface area contributed by atoms with E-state index in [4.69, 9.17) is 9.88 Å². The summed E-state index contributed by atoms with van der Waals surface area (Å²) in [6.07, 6.45) is 11.7. The molecule has 0 aliphatic heterocycles. The third kappa shape index (κ3) is 5.72. The minimum absolute atomic E-state index is 0.0374. The lowest BCUT2D eigenvalue weighted by molar-refractivity contribution is 0.0989. The molecule has 3 fully saturated rings. The number of nitrogens with two attached hydrogens (primary N) is 1. The van der Waals surface area contributed by atoms with Crippen LogP contribution in [0.2, 0.25) is 0 Å². The number of rotatable bonds is 7. The van der Waals surface area contributed by atoms with Crippen LogP contribution < -0.4 is 15.8 Å². The molecule has 0 saturated heterocycles. The van der Waals surface area contributed by atoms with Gasteiger partial charge < -0.3 is 15.4 Å². The van der Waals surface area contributed by atoms with Crippen molar-refractivity contribution in [2.45, 2.75) is 68.3 Å². The molecule has 1 unspecified atom stereocenters. The molecule has 1 aromatic heterocycles. The minimum atomic E-state index is -3.99. The molecule has 1 amide bonds. The van der Waals surface area contributed by atoms with E-state index in [-0.39, 0.29) is 34.6 Å². The number of anilines is 2. The van der Waals surface area contributed by atoms with Gasteiger partial charge in [0, 0.05) is 18.9 Å². The Morgan fingerprint density at radius 3 is 2.60 bits per heavy atom. The van der Waals surface area contributed by atoms with Gasteiger partial charge in [-0.1, -0.05) is 0 Å².